The van der Waals surface area contributed by atoms with Crippen molar-refractivity contribution >= 4 is 5.97 Å². The lowest BCUT2D eigenvalue weighted by atomic mass is 9.97. The number of aliphatic carboxylic acids is 1. The van der Waals surface area contributed by atoms with Gasteiger partial charge in [-0.3, -0.25) is 4.98 Å². The van der Waals surface area contributed by atoms with E-state index in [-0.39, 0.29) is 5.92 Å². The molecule has 0 saturated heterocycles. The summed E-state index contributed by atoms with van der Waals surface area (Å²) in [6.07, 6.45) is 2.46. The molecule has 0 amide bonds. The number of nitrogens with zero attached hydrogens (tertiary/aromatic N) is 1. The molecule has 0 spiro atoms. The second-order valence-corrected chi connectivity index (χ2v) is 4.65. The minimum Gasteiger partial charge on any atom is -0.478 e. The number of carboxylic acid groups (broad SMARTS) is 1. The molecule has 1 aliphatic rings. The molecule has 102 valence electrons. The monoisotopic (exact) mass is 271 g/mol. The Labute approximate surface area is 115 Å². The number of aromatic nitrogens is 1. The van der Waals surface area contributed by atoms with E-state index in [0.717, 1.165) is 5.56 Å². The zero-order valence-corrected chi connectivity index (χ0v) is 10.8. The molecule has 2 aromatic rings. The van der Waals surface area contributed by atoms with Gasteiger partial charge in [-0.15, -0.1) is 0 Å². The van der Waals surface area contributed by atoms with Gasteiger partial charge in [-0.25, -0.2) is 4.79 Å². The molecule has 3 rings (SSSR count). The average Bonchev–Trinajstić information content (AvgIpc) is 2.77. The summed E-state index contributed by atoms with van der Waals surface area (Å²) in [4.78, 5) is 15.0. The van der Waals surface area contributed by atoms with Gasteiger partial charge in [-0.2, -0.15) is 0 Å². The number of hydrogen-bond acceptors (Lipinski definition) is 4. The van der Waals surface area contributed by atoms with Crippen LogP contribution in [-0.4, -0.2) is 22.2 Å². The van der Waals surface area contributed by atoms with Crippen LogP contribution in [0.25, 0.3) is 0 Å². The van der Waals surface area contributed by atoms with Crippen LogP contribution in [0.15, 0.2) is 42.7 Å². The van der Waals surface area contributed by atoms with Crippen LogP contribution in [-0.2, 0) is 4.79 Å². The number of carboxylic acids is 1. The van der Waals surface area contributed by atoms with E-state index < -0.39 is 12.1 Å². The zero-order chi connectivity index (χ0) is 14.1. The van der Waals surface area contributed by atoms with Gasteiger partial charge >= 0.3 is 5.97 Å². The van der Waals surface area contributed by atoms with Gasteiger partial charge in [0.15, 0.2) is 0 Å². The topological polar surface area (TPSA) is 68.7 Å². The van der Waals surface area contributed by atoms with E-state index in [0.29, 0.717) is 17.2 Å². The first-order valence-corrected chi connectivity index (χ1v) is 6.26. The molecule has 0 fully saturated rings. The molecule has 0 radical (unpaired) electrons. The number of rotatable bonds is 3. The van der Waals surface area contributed by atoms with Crippen LogP contribution in [0.1, 0.15) is 18.4 Å². The SMILES string of the molecule is C[C@H]1c2cc(Oc3ccncc3)ccc2O[C@H]1C(=O)O. The lowest BCUT2D eigenvalue weighted by molar-refractivity contribution is -0.144. The number of benzene rings is 1. The molecule has 2 atom stereocenters. The van der Waals surface area contributed by atoms with Crippen molar-refractivity contribution in [3.8, 4) is 17.2 Å². The van der Waals surface area contributed by atoms with Crippen LogP contribution in [0.5, 0.6) is 17.2 Å². The molecule has 0 saturated carbocycles. The van der Waals surface area contributed by atoms with Crippen molar-refractivity contribution in [2.75, 3.05) is 0 Å². The molecule has 1 aliphatic heterocycles. The maximum Gasteiger partial charge on any atom is 0.345 e. The van der Waals surface area contributed by atoms with Crippen molar-refractivity contribution in [1.82, 2.24) is 4.98 Å². The third-order valence-electron chi connectivity index (χ3n) is 3.31. The minimum atomic E-state index is -0.953. The van der Waals surface area contributed by atoms with Crippen LogP contribution in [0.2, 0.25) is 0 Å². The molecule has 1 aromatic heterocycles. The molecule has 0 bridgehead atoms. The standard InChI is InChI=1S/C15H13NO4/c1-9-12-8-11(19-10-4-6-16-7-5-10)2-3-13(12)20-14(9)15(17)18/h2-9,14H,1H3,(H,17,18)/t9-,14+/m0/s1. The van der Waals surface area contributed by atoms with Crippen molar-refractivity contribution in [3.63, 3.8) is 0 Å². The summed E-state index contributed by atoms with van der Waals surface area (Å²) >= 11 is 0. The Morgan fingerprint density at radius 2 is 2.00 bits per heavy atom. The van der Waals surface area contributed by atoms with Crippen molar-refractivity contribution in [2.24, 2.45) is 0 Å². The number of hydrogen-bond donors (Lipinski definition) is 1. The fraction of sp³-hybridized carbons (Fsp3) is 0.200. The lowest BCUT2D eigenvalue weighted by Crippen LogP contribution is -2.27. The van der Waals surface area contributed by atoms with Crippen LogP contribution >= 0.6 is 0 Å². The zero-order valence-electron chi connectivity index (χ0n) is 10.8. The third kappa shape index (κ3) is 2.18. The highest BCUT2D eigenvalue weighted by Crippen LogP contribution is 2.40. The fourth-order valence-corrected chi connectivity index (χ4v) is 2.26. The predicted octanol–water partition coefficient (Wildman–Crippen LogP) is 2.82. The highest BCUT2D eigenvalue weighted by molar-refractivity contribution is 5.76. The summed E-state index contributed by atoms with van der Waals surface area (Å²) in [5.41, 5.74) is 0.851. The normalized spacial score (nSPS) is 20.1. The largest absolute Gasteiger partial charge is 0.478 e. The molecular formula is C15H13NO4. The van der Waals surface area contributed by atoms with Gasteiger partial charge in [0, 0.05) is 23.9 Å². The molecule has 0 aliphatic carbocycles. The summed E-state index contributed by atoms with van der Waals surface area (Å²) in [7, 11) is 0. The summed E-state index contributed by atoms with van der Waals surface area (Å²) in [6.45, 7) is 1.83. The molecule has 5 heteroatoms. The van der Waals surface area contributed by atoms with Crippen LogP contribution in [0.4, 0.5) is 0 Å². The van der Waals surface area contributed by atoms with Gasteiger partial charge in [-0.1, -0.05) is 6.92 Å². The number of carbonyl (C=O) groups is 1. The molecule has 5 nitrogen and oxygen atoms in total. The molecule has 20 heavy (non-hydrogen) atoms. The number of ether oxygens (including phenoxy) is 2. The number of fused-ring (bicyclic) bond motifs is 1. The quantitative estimate of drug-likeness (QED) is 0.929. The first kappa shape index (κ1) is 12.5. The predicted molar refractivity (Wildman–Crippen MR) is 71.2 cm³/mol. The van der Waals surface area contributed by atoms with E-state index in [9.17, 15) is 4.79 Å². The van der Waals surface area contributed by atoms with Crippen LogP contribution < -0.4 is 9.47 Å². The minimum absolute atomic E-state index is 0.205. The molecule has 1 aromatic carbocycles. The first-order valence-electron chi connectivity index (χ1n) is 6.26. The Hall–Kier alpha value is -2.56. The van der Waals surface area contributed by atoms with Gasteiger partial charge in [-0.05, 0) is 30.3 Å². The smallest absolute Gasteiger partial charge is 0.345 e. The van der Waals surface area contributed by atoms with E-state index in [1.807, 2.05) is 13.0 Å². The van der Waals surface area contributed by atoms with Crippen molar-refractivity contribution in [3.05, 3.63) is 48.3 Å². The Bertz CT molecular complexity index is 642. The van der Waals surface area contributed by atoms with Crippen molar-refractivity contribution in [2.45, 2.75) is 18.9 Å². The Balaban J connectivity index is 1.86. The van der Waals surface area contributed by atoms with Gasteiger partial charge in [0.25, 0.3) is 0 Å². The van der Waals surface area contributed by atoms with E-state index >= 15 is 0 Å². The van der Waals surface area contributed by atoms with Crippen molar-refractivity contribution in [1.29, 1.82) is 0 Å². The van der Waals surface area contributed by atoms with Gasteiger partial charge in [0.1, 0.15) is 17.2 Å². The van der Waals surface area contributed by atoms with E-state index in [1.165, 1.54) is 0 Å². The summed E-state index contributed by atoms with van der Waals surface area (Å²) in [5, 5.41) is 9.10. The third-order valence-corrected chi connectivity index (χ3v) is 3.31. The van der Waals surface area contributed by atoms with Gasteiger partial charge < -0.3 is 14.6 Å². The van der Waals surface area contributed by atoms with Crippen LogP contribution in [0.3, 0.4) is 0 Å². The highest BCUT2D eigenvalue weighted by Gasteiger charge is 2.36. The summed E-state index contributed by atoms with van der Waals surface area (Å²) < 4.78 is 11.1. The highest BCUT2D eigenvalue weighted by atomic mass is 16.5. The maximum absolute atomic E-state index is 11.1. The Morgan fingerprint density at radius 1 is 1.25 bits per heavy atom. The summed E-state index contributed by atoms with van der Waals surface area (Å²) in [6, 6.07) is 8.84. The maximum atomic E-state index is 11.1. The molecular weight excluding hydrogens is 258 g/mol. The molecule has 2 heterocycles. The van der Waals surface area contributed by atoms with Crippen molar-refractivity contribution < 1.29 is 19.4 Å². The average molecular weight is 271 g/mol. The lowest BCUT2D eigenvalue weighted by Gasteiger charge is -2.09. The van der Waals surface area contributed by atoms with E-state index in [1.54, 1.807) is 36.7 Å². The molecule has 1 N–H and O–H groups in total. The van der Waals surface area contributed by atoms with E-state index in [2.05, 4.69) is 4.98 Å². The second kappa shape index (κ2) is 4.85. The Morgan fingerprint density at radius 3 is 2.70 bits per heavy atom. The van der Waals surface area contributed by atoms with Crippen LogP contribution in [0, 0.1) is 0 Å². The first-order chi connectivity index (χ1) is 9.65. The van der Waals surface area contributed by atoms with E-state index in [4.69, 9.17) is 14.6 Å². The Kier molecular flexibility index (Phi) is 3.02. The summed E-state index contributed by atoms with van der Waals surface area (Å²) in [5.74, 6) is 0.776. The van der Waals surface area contributed by atoms with Gasteiger partial charge in [0.2, 0.25) is 6.10 Å². The fourth-order valence-electron chi connectivity index (χ4n) is 2.26. The second-order valence-electron chi connectivity index (χ2n) is 4.65. The van der Waals surface area contributed by atoms with Gasteiger partial charge in [0.05, 0.1) is 0 Å². The molecule has 0 unspecified atom stereocenters. The number of pyridine rings is 1.